The van der Waals surface area contributed by atoms with Gasteiger partial charge in [0.2, 0.25) is 5.91 Å². The zero-order valence-corrected chi connectivity index (χ0v) is 10.7. The molecule has 0 aliphatic rings. The minimum atomic E-state index is -0.969. The third-order valence-corrected chi connectivity index (χ3v) is 2.03. The van der Waals surface area contributed by atoms with Gasteiger partial charge in [0.15, 0.2) is 0 Å². The van der Waals surface area contributed by atoms with E-state index in [1.54, 1.807) is 0 Å². The maximum absolute atomic E-state index is 11.3. The van der Waals surface area contributed by atoms with Crippen LogP contribution < -0.4 is 10.6 Å². The SMILES string of the molecule is CC(C)OCCCNC(=O)CNC(C)C(=O)O. The highest BCUT2D eigenvalue weighted by atomic mass is 16.5. The van der Waals surface area contributed by atoms with E-state index in [1.807, 2.05) is 13.8 Å². The molecule has 0 fully saturated rings. The molecule has 0 aromatic carbocycles. The van der Waals surface area contributed by atoms with Crippen molar-refractivity contribution in [1.82, 2.24) is 10.6 Å². The number of carbonyl (C=O) groups is 2. The number of amides is 1. The number of hydrogen-bond acceptors (Lipinski definition) is 4. The number of aliphatic carboxylic acids is 1. The van der Waals surface area contributed by atoms with Crippen molar-refractivity contribution in [2.45, 2.75) is 39.3 Å². The van der Waals surface area contributed by atoms with Crippen LogP contribution in [-0.2, 0) is 14.3 Å². The number of carboxylic acid groups (broad SMARTS) is 1. The van der Waals surface area contributed by atoms with Crippen LogP contribution in [0.4, 0.5) is 0 Å². The Morgan fingerprint density at radius 2 is 1.94 bits per heavy atom. The maximum Gasteiger partial charge on any atom is 0.320 e. The van der Waals surface area contributed by atoms with E-state index in [4.69, 9.17) is 9.84 Å². The third kappa shape index (κ3) is 9.77. The Morgan fingerprint density at radius 3 is 2.47 bits per heavy atom. The fraction of sp³-hybridized carbons (Fsp3) is 0.818. The molecule has 0 aliphatic heterocycles. The third-order valence-electron chi connectivity index (χ3n) is 2.03. The molecule has 0 spiro atoms. The summed E-state index contributed by atoms with van der Waals surface area (Å²) in [7, 11) is 0. The number of carboxylic acids is 1. The van der Waals surface area contributed by atoms with Crippen LogP contribution in [0.1, 0.15) is 27.2 Å². The molecule has 6 nitrogen and oxygen atoms in total. The molecule has 0 saturated carbocycles. The van der Waals surface area contributed by atoms with Crippen molar-refractivity contribution >= 4 is 11.9 Å². The van der Waals surface area contributed by atoms with Gasteiger partial charge in [0.05, 0.1) is 12.6 Å². The van der Waals surface area contributed by atoms with Crippen LogP contribution in [-0.4, -0.2) is 48.8 Å². The quantitative estimate of drug-likeness (QED) is 0.498. The van der Waals surface area contributed by atoms with Crippen LogP contribution in [0.25, 0.3) is 0 Å². The first-order valence-corrected chi connectivity index (χ1v) is 5.78. The molecule has 0 aliphatic carbocycles. The molecule has 1 atom stereocenters. The molecule has 0 heterocycles. The van der Waals surface area contributed by atoms with Crippen molar-refractivity contribution in [3.63, 3.8) is 0 Å². The minimum Gasteiger partial charge on any atom is -0.480 e. The molecule has 0 radical (unpaired) electrons. The molecular weight excluding hydrogens is 224 g/mol. The minimum absolute atomic E-state index is 0.0124. The van der Waals surface area contributed by atoms with Gasteiger partial charge in [-0.3, -0.25) is 14.9 Å². The van der Waals surface area contributed by atoms with Crippen molar-refractivity contribution < 1.29 is 19.4 Å². The molecule has 6 heteroatoms. The number of nitrogens with one attached hydrogen (secondary N) is 2. The zero-order valence-electron chi connectivity index (χ0n) is 10.7. The Morgan fingerprint density at radius 1 is 1.29 bits per heavy atom. The highest BCUT2D eigenvalue weighted by molar-refractivity contribution is 5.79. The summed E-state index contributed by atoms with van der Waals surface area (Å²) in [5.41, 5.74) is 0. The van der Waals surface area contributed by atoms with Gasteiger partial charge in [-0.2, -0.15) is 0 Å². The van der Waals surface area contributed by atoms with E-state index in [1.165, 1.54) is 6.92 Å². The molecule has 1 amide bonds. The summed E-state index contributed by atoms with van der Waals surface area (Å²) >= 11 is 0. The van der Waals surface area contributed by atoms with Crippen molar-refractivity contribution in [1.29, 1.82) is 0 Å². The normalized spacial score (nSPS) is 12.5. The lowest BCUT2D eigenvalue weighted by Gasteiger charge is -2.10. The van der Waals surface area contributed by atoms with E-state index >= 15 is 0 Å². The summed E-state index contributed by atoms with van der Waals surface area (Å²) in [5, 5.41) is 13.9. The molecule has 0 rings (SSSR count). The van der Waals surface area contributed by atoms with Gasteiger partial charge in [0.25, 0.3) is 0 Å². The highest BCUT2D eigenvalue weighted by Crippen LogP contribution is 1.89. The van der Waals surface area contributed by atoms with E-state index in [-0.39, 0.29) is 18.6 Å². The van der Waals surface area contributed by atoms with Crippen LogP contribution >= 0.6 is 0 Å². The van der Waals surface area contributed by atoms with Gasteiger partial charge in [-0.05, 0) is 27.2 Å². The summed E-state index contributed by atoms with van der Waals surface area (Å²) in [4.78, 5) is 21.7. The van der Waals surface area contributed by atoms with E-state index < -0.39 is 12.0 Å². The second kappa shape index (κ2) is 8.95. The lowest BCUT2D eigenvalue weighted by molar-refractivity contribution is -0.139. The second-order valence-electron chi connectivity index (χ2n) is 4.06. The monoisotopic (exact) mass is 246 g/mol. The van der Waals surface area contributed by atoms with E-state index in [9.17, 15) is 9.59 Å². The van der Waals surface area contributed by atoms with E-state index in [0.717, 1.165) is 6.42 Å². The average molecular weight is 246 g/mol. The Labute approximate surface area is 102 Å². The Hall–Kier alpha value is -1.14. The molecule has 1 unspecified atom stereocenters. The first kappa shape index (κ1) is 15.9. The number of ether oxygens (including phenoxy) is 1. The van der Waals surface area contributed by atoms with Crippen molar-refractivity contribution in [2.24, 2.45) is 0 Å². The van der Waals surface area contributed by atoms with Crippen molar-refractivity contribution in [2.75, 3.05) is 19.7 Å². The molecule has 0 saturated heterocycles. The predicted octanol–water partition coefficient (Wildman–Crippen LogP) is -0.0196. The topological polar surface area (TPSA) is 87.7 Å². The summed E-state index contributed by atoms with van der Waals surface area (Å²) in [6.45, 7) is 6.56. The van der Waals surface area contributed by atoms with Crippen molar-refractivity contribution in [3.8, 4) is 0 Å². The second-order valence-corrected chi connectivity index (χ2v) is 4.06. The highest BCUT2D eigenvalue weighted by Gasteiger charge is 2.11. The Kier molecular flexibility index (Phi) is 8.35. The molecule has 0 aromatic heterocycles. The van der Waals surface area contributed by atoms with Crippen LogP contribution in [0.2, 0.25) is 0 Å². The van der Waals surface area contributed by atoms with Gasteiger partial charge < -0.3 is 15.2 Å². The summed E-state index contributed by atoms with van der Waals surface area (Å²) in [6.07, 6.45) is 0.946. The summed E-state index contributed by atoms with van der Waals surface area (Å²) < 4.78 is 5.31. The van der Waals surface area contributed by atoms with Gasteiger partial charge >= 0.3 is 5.97 Å². The van der Waals surface area contributed by atoms with Gasteiger partial charge in [-0.25, -0.2) is 0 Å². The lowest BCUT2D eigenvalue weighted by Crippen LogP contribution is -2.41. The number of carbonyl (C=O) groups excluding carboxylic acids is 1. The number of rotatable bonds is 9. The fourth-order valence-corrected chi connectivity index (χ4v) is 1.01. The fourth-order valence-electron chi connectivity index (χ4n) is 1.01. The van der Waals surface area contributed by atoms with Gasteiger partial charge in [-0.1, -0.05) is 0 Å². The molecule has 0 bridgehead atoms. The number of hydrogen-bond donors (Lipinski definition) is 3. The Bertz CT molecular complexity index is 244. The molecule has 0 aromatic rings. The molecule has 17 heavy (non-hydrogen) atoms. The van der Waals surface area contributed by atoms with Crippen molar-refractivity contribution in [3.05, 3.63) is 0 Å². The van der Waals surface area contributed by atoms with Crippen LogP contribution in [0.5, 0.6) is 0 Å². The van der Waals surface area contributed by atoms with Crippen LogP contribution in [0, 0.1) is 0 Å². The molecular formula is C11H22N2O4. The largest absolute Gasteiger partial charge is 0.480 e. The molecule has 3 N–H and O–H groups in total. The lowest BCUT2D eigenvalue weighted by atomic mass is 10.3. The van der Waals surface area contributed by atoms with Crippen LogP contribution in [0.15, 0.2) is 0 Å². The average Bonchev–Trinajstić information content (AvgIpc) is 2.24. The maximum atomic E-state index is 11.3. The Balaban J connectivity index is 3.44. The first-order valence-electron chi connectivity index (χ1n) is 5.78. The summed E-state index contributed by atoms with van der Waals surface area (Å²) in [6, 6.07) is -0.718. The van der Waals surface area contributed by atoms with Crippen LogP contribution in [0.3, 0.4) is 0 Å². The van der Waals surface area contributed by atoms with Gasteiger partial charge in [0.1, 0.15) is 6.04 Å². The molecule has 100 valence electrons. The van der Waals surface area contributed by atoms with E-state index in [2.05, 4.69) is 10.6 Å². The smallest absolute Gasteiger partial charge is 0.320 e. The standard InChI is InChI=1S/C11H22N2O4/c1-8(2)17-6-4-5-12-10(14)7-13-9(3)11(15)16/h8-9,13H,4-7H2,1-3H3,(H,12,14)(H,15,16). The van der Waals surface area contributed by atoms with E-state index in [0.29, 0.717) is 13.2 Å². The van der Waals surface area contributed by atoms with Gasteiger partial charge in [0, 0.05) is 13.2 Å². The first-order chi connectivity index (χ1) is 7.93. The van der Waals surface area contributed by atoms with Gasteiger partial charge in [-0.15, -0.1) is 0 Å². The zero-order chi connectivity index (χ0) is 13.3. The summed E-state index contributed by atoms with van der Waals surface area (Å²) in [5.74, 6) is -1.18. The predicted molar refractivity (Wildman–Crippen MR) is 63.8 cm³/mol.